The number of aryl methyl sites for hydroxylation is 1. The molecule has 0 aliphatic carbocycles. The normalized spacial score (nSPS) is 10.7. The molecule has 2 aromatic rings. The van der Waals surface area contributed by atoms with Gasteiger partial charge in [0.05, 0.1) is 22.5 Å². The molecule has 0 saturated carbocycles. The second kappa shape index (κ2) is 6.21. The summed E-state index contributed by atoms with van der Waals surface area (Å²) in [6, 6.07) is 12.5. The third-order valence-corrected chi connectivity index (χ3v) is 2.98. The van der Waals surface area contributed by atoms with Crippen molar-refractivity contribution in [2.75, 3.05) is 5.43 Å². The Bertz CT molecular complexity index is 669. The molecule has 0 aromatic heterocycles. The molecule has 0 atom stereocenters. The van der Waals surface area contributed by atoms with Crippen LogP contribution in [0.1, 0.15) is 21.5 Å². The molecule has 102 valence electrons. The molecule has 2 aromatic carbocycles. The van der Waals surface area contributed by atoms with Crippen LogP contribution in [-0.2, 0) is 0 Å². The van der Waals surface area contributed by atoms with Crippen LogP contribution in [-0.4, -0.2) is 17.3 Å². The Hall–Kier alpha value is -2.33. The van der Waals surface area contributed by atoms with E-state index in [2.05, 4.69) is 10.5 Å². The van der Waals surface area contributed by atoms with Crippen LogP contribution in [0.15, 0.2) is 47.6 Å². The van der Waals surface area contributed by atoms with Crippen LogP contribution in [0.3, 0.4) is 0 Å². The van der Waals surface area contributed by atoms with Gasteiger partial charge in [0.15, 0.2) is 0 Å². The minimum Gasteiger partial charge on any atom is -0.478 e. The van der Waals surface area contributed by atoms with E-state index >= 15 is 0 Å². The van der Waals surface area contributed by atoms with Crippen LogP contribution in [0.5, 0.6) is 0 Å². The molecule has 0 saturated heterocycles. The molecule has 0 heterocycles. The number of nitrogens with one attached hydrogen (secondary N) is 1. The second-order valence-electron chi connectivity index (χ2n) is 4.28. The Morgan fingerprint density at radius 3 is 2.80 bits per heavy atom. The zero-order valence-corrected chi connectivity index (χ0v) is 11.6. The monoisotopic (exact) mass is 288 g/mol. The van der Waals surface area contributed by atoms with Gasteiger partial charge in [0.2, 0.25) is 0 Å². The van der Waals surface area contributed by atoms with Gasteiger partial charge >= 0.3 is 5.97 Å². The van der Waals surface area contributed by atoms with Crippen molar-refractivity contribution in [3.8, 4) is 0 Å². The smallest absolute Gasteiger partial charge is 0.337 e. The molecule has 5 heteroatoms. The number of carboxylic acid groups (broad SMARTS) is 1. The van der Waals surface area contributed by atoms with Crippen molar-refractivity contribution < 1.29 is 9.90 Å². The van der Waals surface area contributed by atoms with Gasteiger partial charge in [0, 0.05) is 0 Å². The average Bonchev–Trinajstić information content (AvgIpc) is 2.40. The molecule has 0 amide bonds. The van der Waals surface area contributed by atoms with Crippen molar-refractivity contribution in [2.24, 2.45) is 5.10 Å². The van der Waals surface area contributed by atoms with Gasteiger partial charge in [-0.1, -0.05) is 41.4 Å². The maximum absolute atomic E-state index is 11.0. The summed E-state index contributed by atoms with van der Waals surface area (Å²) in [5.41, 5.74) is 5.50. The number of aromatic carboxylic acids is 1. The van der Waals surface area contributed by atoms with Crippen molar-refractivity contribution in [2.45, 2.75) is 6.92 Å². The van der Waals surface area contributed by atoms with Crippen LogP contribution in [0.2, 0.25) is 5.02 Å². The first-order chi connectivity index (χ1) is 9.56. The Morgan fingerprint density at radius 2 is 2.10 bits per heavy atom. The van der Waals surface area contributed by atoms with Crippen molar-refractivity contribution in [3.05, 3.63) is 64.2 Å². The Balaban J connectivity index is 2.11. The van der Waals surface area contributed by atoms with Gasteiger partial charge in [-0.05, 0) is 30.7 Å². The van der Waals surface area contributed by atoms with Crippen molar-refractivity contribution in [3.63, 3.8) is 0 Å². The molecule has 2 N–H and O–H groups in total. The molecule has 0 radical (unpaired) electrons. The van der Waals surface area contributed by atoms with Gasteiger partial charge in [-0.25, -0.2) is 4.79 Å². The second-order valence-corrected chi connectivity index (χ2v) is 4.69. The highest BCUT2D eigenvalue weighted by Crippen LogP contribution is 2.20. The lowest BCUT2D eigenvalue weighted by atomic mass is 10.2. The van der Waals surface area contributed by atoms with E-state index in [1.54, 1.807) is 12.3 Å². The highest BCUT2D eigenvalue weighted by molar-refractivity contribution is 6.33. The fraction of sp³-hybridized carbons (Fsp3) is 0.0667. The molecule has 20 heavy (non-hydrogen) atoms. The number of anilines is 1. The topological polar surface area (TPSA) is 61.7 Å². The third kappa shape index (κ3) is 3.59. The summed E-state index contributed by atoms with van der Waals surface area (Å²) in [5, 5.41) is 13.2. The van der Waals surface area contributed by atoms with Crippen LogP contribution < -0.4 is 5.43 Å². The van der Waals surface area contributed by atoms with E-state index < -0.39 is 5.97 Å². The van der Waals surface area contributed by atoms with Crippen LogP contribution in [0, 0.1) is 6.92 Å². The van der Waals surface area contributed by atoms with Crippen molar-refractivity contribution in [1.82, 2.24) is 0 Å². The van der Waals surface area contributed by atoms with Gasteiger partial charge in [-0.15, -0.1) is 0 Å². The first-order valence-corrected chi connectivity index (χ1v) is 6.32. The van der Waals surface area contributed by atoms with E-state index in [0.717, 1.165) is 11.1 Å². The SMILES string of the molecule is Cc1cccc(/C=N\Nc2ccc(Cl)c(C(=O)O)c2)c1. The summed E-state index contributed by atoms with van der Waals surface area (Å²) < 4.78 is 0. The molecule has 0 fully saturated rings. The van der Waals surface area contributed by atoms with Crippen LogP contribution in [0.25, 0.3) is 0 Å². The summed E-state index contributed by atoms with van der Waals surface area (Å²) in [5.74, 6) is -1.07. The molecular weight excluding hydrogens is 276 g/mol. The molecule has 0 aliphatic rings. The number of halogens is 1. The lowest BCUT2D eigenvalue weighted by Crippen LogP contribution is -1.99. The summed E-state index contributed by atoms with van der Waals surface area (Å²) in [6.07, 6.45) is 1.67. The van der Waals surface area contributed by atoms with Crippen molar-refractivity contribution in [1.29, 1.82) is 0 Å². The number of carbonyl (C=O) groups is 1. The predicted molar refractivity (Wildman–Crippen MR) is 80.8 cm³/mol. The summed E-state index contributed by atoms with van der Waals surface area (Å²) in [6.45, 7) is 2.00. The molecule has 4 nitrogen and oxygen atoms in total. The largest absolute Gasteiger partial charge is 0.478 e. The lowest BCUT2D eigenvalue weighted by molar-refractivity contribution is 0.0697. The third-order valence-electron chi connectivity index (χ3n) is 2.65. The minimum atomic E-state index is -1.07. The average molecular weight is 289 g/mol. The van der Waals surface area contributed by atoms with E-state index in [1.807, 2.05) is 31.2 Å². The fourth-order valence-corrected chi connectivity index (χ4v) is 1.89. The number of hydrazone groups is 1. The Kier molecular flexibility index (Phi) is 4.38. The number of benzene rings is 2. The molecule has 0 aliphatic heterocycles. The zero-order chi connectivity index (χ0) is 14.5. The van der Waals surface area contributed by atoms with E-state index in [9.17, 15) is 4.79 Å². The molecular formula is C15H13ClN2O2. The van der Waals surface area contributed by atoms with Gasteiger partial charge in [0.25, 0.3) is 0 Å². The number of nitrogens with zero attached hydrogens (tertiary/aromatic N) is 1. The van der Waals surface area contributed by atoms with E-state index in [4.69, 9.17) is 16.7 Å². The predicted octanol–water partition coefficient (Wildman–Crippen LogP) is 3.79. The zero-order valence-electron chi connectivity index (χ0n) is 10.8. The quantitative estimate of drug-likeness (QED) is 0.664. The maximum atomic E-state index is 11.0. The highest BCUT2D eigenvalue weighted by atomic mass is 35.5. The van der Waals surface area contributed by atoms with Gasteiger partial charge in [-0.2, -0.15) is 5.10 Å². The van der Waals surface area contributed by atoms with E-state index in [1.165, 1.54) is 12.1 Å². The number of carboxylic acids is 1. The maximum Gasteiger partial charge on any atom is 0.337 e. The molecule has 0 spiro atoms. The highest BCUT2D eigenvalue weighted by Gasteiger charge is 2.08. The van der Waals surface area contributed by atoms with Gasteiger partial charge in [0.1, 0.15) is 0 Å². The van der Waals surface area contributed by atoms with Gasteiger partial charge in [-0.3, -0.25) is 5.43 Å². The summed E-state index contributed by atoms with van der Waals surface area (Å²) in [7, 11) is 0. The first kappa shape index (κ1) is 14.1. The molecule has 0 unspecified atom stereocenters. The standard InChI is InChI=1S/C15H13ClN2O2/c1-10-3-2-4-11(7-10)9-17-18-12-5-6-14(16)13(8-12)15(19)20/h2-9,18H,1H3,(H,19,20)/b17-9-. The first-order valence-electron chi connectivity index (χ1n) is 5.95. The summed E-state index contributed by atoms with van der Waals surface area (Å²) >= 11 is 5.79. The number of hydrogen-bond acceptors (Lipinski definition) is 3. The van der Waals surface area contributed by atoms with Crippen molar-refractivity contribution >= 4 is 29.5 Å². The van der Waals surface area contributed by atoms with Crippen LogP contribution >= 0.6 is 11.6 Å². The number of hydrogen-bond donors (Lipinski definition) is 2. The Morgan fingerprint density at radius 1 is 1.30 bits per heavy atom. The van der Waals surface area contributed by atoms with Gasteiger partial charge < -0.3 is 5.11 Å². The number of rotatable bonds is 4. The summed E-state index contributed by atoms with van der Waals surface area (Å²) in [4.78, 5) is 11.0. The minimum absolute atomic E-state index is 0.0439. The Labute approximate surface area is 121 Å². The van der Waals surface area contributed by atoms with E-state index in [0.29, 0.717) is 5.69 Å². The lowest BCUT2D eigenvalue weighted by Gasteiger charge is -2.03. The van der Waals surface area contributed by atoms with Crippen LogP contribution in [0.4, 0.5) is 5.69 Å². The molecule has 2 rings (SSSR count). The molecule has 0 bridgehead atoms. The fourth-order valence-electron chi connectivity index (χ4n) is 1.69. The van der Waals surface area contributed by atoms with E-state index in [-0.39, 0.29) is 10.6 Å².